The number of amides is 4. The Kier molecular flexibility index (Phi) is 8.15. The van der Waals surface area contributed by atoms with E-state index in [2.05, 4.69) is 10.6 Å². The molecule has 1 saturated carbocycles. The highest BCUT2D eigenvalue weighted by Crippen LogP contribution is 2.26. The lowest BCUT2D eigenvalue weighted by molar-refractivity contribution is -0.130. The predicted octanol–water partition coefficient (Wildman–Crippen LogP) is 1.54. The summed E-state index contributed by atoms with van der Waals surface area (Å²) in [6, 6.07) is -0.346. The van der Waals surface area contributed by atoms with Crippen LogP contribution >= 0.6 is 12.4 Å². The Morgan fingerprint density at radius 3 is 2.48 bits per heavy atom. The van der Waals surface area contributed by atoms with Crippen molar-refractivity contribution >= 4 is 30.3 Å². The fourth-order valence-electron chi connectivity index (χ4n) is 3.60. The molecule has 0 aromatic carbocycles. The van der Waals surface area contributed by atoms with Gasteiger partial charge >= 0.3 is 6.03 Å². The summed E-state index contributed by atoms with van der Waals surface area (Å²) in [5.41, 5.74) is 4.97. The van der Waals surface area contributed by atoms with Crippen LogP contribution in [0.4, 0.5) is 4.79 Å². The standard InChI is InChI=1S/C17H30N4O3.ClH/c1-17(2)15(23)21(16(24)20-17)10-6-9-14(22)19-13(11-18)12-7-4-3-5-8-12;/h12-13H,3-11,18H2,1-2H3,(H,19,22)(H,20,24);1H. The molecule has 0 bridgehead atoms. The first-order valence-electron chi connectivity index (χ1n) is 8.98. The summed E-state index contributed by atoms with van der Waals surface area (Å²) >= 11 is 0. The maximum absolute atomic E-state index is 12.1. The van der Waals surface area contributed by atoms with Gasteiger partial charge in [-0.2, -0.15) is 0 Å². The first-order chi connectivity index (χ1) is 11.3. The Morgan fingerprint density at radius 1 is 1.32 bits per heavy atom. The Balaban J connectivity index is 0.00000312. The van der Waals surface area contributed by atoms with Crippen LogP contribution in [0.5, 0.6) is 0 Å². The SMILES string of the molecule is CC1(C)NC(=O)N(CCCC(=O)NC(CN)C2CCCCC2)C1=O.Cl. The minimum absolute atomic E-state index is 0. The number of carbonyl (C=O) groups excluding carboxylic acids is 3. The molecule has 0 spiro atoms. The normalized spacial score (nSPS) is 21.5. The number of nitrogens with one attached hydrogen (secondary N) is 2. The van der Waals surface area contributed by atoms with E-state index in [9.17, 15) is 14.4 Å². The van der Waals surface area contributed by atoms with E-state index < -0.39 is 5.54 Å². The van der Waals surface area contributed by atoms with E-state index in [1.807, 2.05) is 0 Å². The minimum Gasteiger partial charge on any atom is -0.352 e. The molecule has 2 rings (SSSR count). The minimum atomic E-state index is -0.856. The highest BCUT2D eigenvalue weighted by Gasteiger charge is 2.43. The van der Waals surface area contributed by atoms with Crippen LogP contribution in [0.3, 0.4) is 0 Å². The van der Waals surface area contributed by atoms with Crippen molar-refractivity contribution in [3.05, 3.63) is 0 Å². The lowest BCUT2D eigenvalue weighted by atomic mass is 9.84. The van der Waals surface area contributed by atoms with Gasteiger partial charge in [0.2, 0.25) is 5.91 Å². The fourth-order valence-corrected chi connectivity index (χ4v) is 3.60. The summed E-state index contributed by atoms with van der Waals surface area (Å²) in [4.78, 5) is 37.2. The highest BCUT2D eigenvalue weighted by molar-refractivity contribution is 6.06. The number of urea groups is 1. The van der Waals surface area contributed by atoms with Gasteiger partial charge in [-0.25, -0.2) is 4.79 Å². The molecule has 1 saturated heterocycles. The Morgan fingerprint density at radius 2 is 1.96 bits per heavy atom. The lowest BCUT2D eigenvalue weighted by Crippen LogP contribution is -2.46. The van der Waals surface area contributed by atoms with Crippen LogP contribution < -0.4 is 16.4 Å². The molecule has 1 aliphatic heterocycles. The van der Waals surface area contributed by atoms with E-state index in [0.717, 1.165) is 12.8 Å². The van der Waals surface area contributed by atoms with E-state index in [4.69, 9.17) is 5.73 Å². The van der Waals surface area contributed by atoms with E-state index in [-0.39, 0.29) is 42.8 Å². The van der Waals surface area contributed by atoms with Gasteiger partial charge in [0.25, 0.3) is 5.91 Å². The largest absolute Gasteiger partial charge is 0.352 e. The van der Waals surface area contributed by atoms with Gasteiger partial charge in [-0.1, -0.05) is 19.3 Å². The molecule has 8 heteroatoms. The summed E-state index contributed by atoms with van der Waals surface area (Å²) in [6.07, 6.45) is 6.69. The molecule has 144 valence electrons. The van der Waals surface area contributed by atoms with Crippen molar-refractivity contribution in [2.75, 3.05) is 13.1 Å². The van der Waals surface area contributed by atoms with Crippen LogP contribution in [0.2, 0.25) is 0 Å². The Labute approximate surface area is 155 Å². The quantitative estimate of drug-likeness (QED) is 0.588. The maximum atomic E-state index is 12.1. The third kappa shape index (κ3) is 5.57. The van der Waals surface area contributed by atoms with Gasteiger partial charge in [0.05, 0.1) is 0 Å². The van der Waals surface area contributed by atoms with Gasteiger partial charge in [0.15, 0.2) is 0 Å². The molecule has 2 aliphatic rings. The monoisotopic (exact) mass is 374 g/mol. The van der Waals surface area contributed by atoms with Crippen LogP contribution in [0.15, 0.2) is 0 Å². The Bertz CT molecular complexity index is 492. The van der Waals surface area contributed by atoms with Crippen LogP contribution in [-0.2, 0) is 9.59 Å². The number of rotatable bonds is 7. The van der Waals surface area contributed by atoms with Gasteiger partial charge in [0, 0.05) is 25.6 Å². The smallest absolute Gasteiger partial charge is 0.325 e. The van der Waals surface area contributed by atoms with E-state index >= 15 is 0 Å². The van der Waals surface area contributed by atoms with Gasteiger partial charge in [-0.15, -0.1) is 12.4 Å². The molecule has 1 atom stereocenters. The second kappa shape index (κ2) is 9.38. The third-order valence-electron chi connectivity index (χ3n) is 5.05. The summed E-state index contributed by atoms with van der Waals surface area (Å²) in [6.45, 7) is 4.07. The first kappa shape index (κ1) is 21.7. The summed E-state index contributed by atoms with van der Waals surface area (Å²) in [7, 11) is 0. The summed E-state index contributed by atoms with van der Waals surface area (Å²) in [5, 5.41) is 5.67. The molecular weight excluding hydrogens is 344 g/mol. The molecule has 0 aromatic heterocycles. The van der Waals surface area contributed by atoms with Crippen LogP contribution in [0.1, 0.15) is 58.8 Å². The number of imide groups is 1. The molecular formula is C17H31ClN4O3. The van der Waals surface area contributed by atoms with Crippen LogP contribution in [0, 0.1) is 5.92 Å². The van der Waals surface area contributed by atoms with Crippen molar-refractivity contribution in [2.24, 2.45) is 11.7 Å². The maximum Gasteiger partial charge on any atom is 0.325 e. The number of carbonyl (C=O) groups is 3. The molecule has 1 heterocycles. The third-order valence-corrected chi connectivity index (χ3v) is 5.05. The average molecular weight is 375 g/mol. The van der Waals surface area contributed by atoms with Gasteiger partial charge in [-0.05, 0) is 39.0 Å². The molecule has 4 amide bonds. The number of nitrogens with zero attached hydrogens (tertiary/aromatic N) is 1. The number of nitrogens with two attached hydrogens (primary N) is 1. The molecule has 1 unspecified atom stereocenters. The van der Waals surface area contributed by atoms with Crippen molar-refractivity contribution in [1.29, 1.82) is 0 Å². The fraction of sp³-hybridized carbons (Fsp3) is 0.824. The predicted molar refractivity (Wildman–Crippen MR) is 98.4 cm³/mol. The molecule has 4 N–H and O–H groups in total. The first-order valence-corrected chi connectivity index (χ1v) is 8.98. The van der Waals surface area contributed by atoms with Crippen LogP contribution in [-0.4, -0.2) is 47.4 Å². The molecule has 0 radical (unpaired) electrons. The van der Waals surface area contributed by atoms with Crippen molar-refractivity contribution in [3.8, 4) is 0 Å². The highest BCUT2D eigenvalue weighted by atomic mass is 35.5. The molecule has 2 fully saturated rings. The molecule has 25 heavy (non-hydrogen) atoms. The lowest BCUT2D eigenvalue weighted by Gasteiger charge is -2.30. The number of halogens is 1. The second-order valence-corrected chi connectivity index (χ2v) is 7.42. The zero-order valence-corrected chi connectivity index (χ0v) is 16.0. The molecule has 0 aromatic rings. The zero-order chi connectivity index (χ0) is 17.7. The van der Waals surface area contributed by atoms with Crippen molar-refractivity contribution in [1.82, 2.24) is 15.5 Å². The van der Waals surface area contributed by atoms with Crippen LogP contribution in [0.25, 0.3) is 0 Å². The number of hydrogen-bond acceptors (Lipinski definition) is 4. The van der Waals surface area contributed by atoms with Crippen molar-refractivity contribution in [2.45, 2.75) is 70.4 Å². The van der Waals surface area contributed by atoms with E-state index in [1.165, 1.54) is 24.2 Å². The van der Waals surface area contributed by atoms with Gasteiger partial charge in [-0.3, -0.25) is 14.5 Å². The topological polar surface area (TPSA) is 105 Å². The van der Waals surface area contributed by atoms with Crippen molar-refractivity contribution in [3.63, 3.8) is 0 Å². The molecule has 1 aliphatic carbocycles. The second-order valence-electron chi connectivity index (χ2n) is 7.42. The summed E-state index contributed by atoms with van der Waals surface area (Å²) in [5.74, 6) is 0.178. The zero-order valence-electron chi connectivity index (χ0n) is 15.2. The van der Waals surface area contributed by atoms with E-state index in [1.54, 1.807) is 13.8 Å². The van der Waals surface area contributed by atoms with Crippen molar-refractivity contribution < 1.29 is 14.4 Å². The number of hydrogen-bond donors (Lipinski definition) is 3. The molecule has 7 nitrogen and oxygen atoms in total. The Hall–Kier alpha value is -1.34. The van der Waals surface area contributed by atoms with Gasteiger partial charge in [0.1, 0.15) is 5.54 Å². The summed E-state index contributed by atoms with van der Waals surface area (Å²) < 4.78 is 0. The van der Waals surface area contributed by atoms with Gasteiger partial charge < -0.3 is 16.4 Å². The average Bonchev–Trinajstić information content (AvgIpc) is 2.75. The van der Waals surface area contributed by atoms with E-state index in [0.29, 0.717) is 25.3 Å².